The van der Waals surface area contributed by atoms with E-state index in [1.54, 1.807) is 23.1 Å². The molecule has 1 aromatic rings. The van der Waals surface area contributed by atoms with Crippen LogP contribution in [0.5, 0.6) is 11.5 Å². The summed E-state index contributed by atoms with van der Waals surface area (Å²) in [7, 11) is 2.96. The predicted molar refractivity (Wildman–Crippen MR) is 146 cm³/mol. The van der Waals surface area contributed by atoms with E-state index < -0.39 is 30.1 Å². The lowest BCUT2D eigenvalue weighted by Crippen LogP contribution is -2.60. The van der Waals surface area contributed by atoms with Crippen molar-refractivity contribution in [2.45, 2.75) is 63.9 Å². The van der Waals surface area contributed by atoms with E-state index in [1.807, 2.05) is 0 Å². The molecule has 0 aromatic heterocycles. The highest BCUT2D eigenvalue weighted by atomic mass is 16.5. The second-order valence-corrected chi connectivity index (χ2v) is 12.2. The Hall–Kier alpha value is -2.66. The number of hydrogen-bond acceptors (Lipinski definition) is 8. The third-order valence-electron chi connectivity index (χ3n) is 9.88. The lowest BCUT2D eigenvalue weighted by molar-refractivity contribution is -0.149. The second kappa shape index (κ2) is 11.3. The minimum atomic E-state index is -1.14. The van der Waals surface area contributed by atoms with Crippen molar-refractivity contribution in [1.29, 1.82) is 0 Å². The first-order chi connectivity index (χ1) is 19.2. The van der Waals surface area contributed by atoms with E-state index in [0.29, 0.717) is 46.6 Å². The number of fused-ring (bicyclic) bond motifs is 5. The molecule has 10 heteroatoms. The smallest absolute Gasteiger partial charge is 0.249 e. The Morgan fingerprint density at radius 1 is 1.20 bits per heavy atom. The van der Waals surface area contributed by atoms with Gasteiger partial charge in [0.25, 0.3) is 0 Å². The first kappa shape index (κ1) is 28.9. The summed E-state index contributed by atoms with van der Waals surface area (Å²) in [6.07, 6.45) is 2.96. The molecular formula is C30H42N2O8. The number of carbonyl (C=O) groups excluding carboxylic acids is 2. The number of carbonyl (C=O) groups is 2. The number of methoxy groups -OCH3 is 2. The van der Waals surface area contributed by atoms with Crippen molar-refractivity contribution in [3.8, 4) is 11.5 Å². The standard InChI is InChI=1S/C30H42N2O8/c1-30(2)18-6-5-17(21(30)11-18)13-32(24(35)15-38-3)22-12-20(29(37)31-7-8-33)25-19-9-16(14-34)10-23(39-4)27(19)40-28(25)26(22)36/h9-10,12,17-18,21-22,25-26,28,33-34,36H,5-8,11,13-15H2,1-4H3,(H,31,37)/t17-,18-,21-,22+,25-,26-,28-/m0/s1. The molecule has 2 amide bonds. The fourth-order valence-corrected chi connectivity index (χ4v) is 7.65. The van der Waals surface area contributed by atoms with Gasteiger partial charge in [0, 0.05) is 31.3 Å². The van der Waals surface area contributed by atoms with Crippen molar-refractivity contribution in [2.24, 2.45) is 23.2 Å². The van der Waals surface area contributed by atoms with E-state index in [0.717, 1.165) is 19.3 Å². The van der Waals surface area contributed by atoms with Crippen molar-refractivity contribution >= 4 is 11.8 Å². The largest absolute Gasteiger partial charge is 0.493 e. The van der Waals surface area contributed by atoms with Crippen LogP contribution in [0.15, 0.2) is 23.8 Å². The number of nitrogens with zero attached hydrogens (tertiary/aromatic N) is 1. The van der Waals surface area contributed by atoms with Gasteiger partial charge >= 0.3 is 0 Å². The lowest BCUT2D eigenvalue weighted by atomic mass is 9.45. The Labute approximate surface area is 235 Å². The zero-order valence-corrected chi connectivity index (χ0v) is 23.8. The molecule has 0 radical (unpaired) electrons. The fourth-order valence-electron chi connectivity index (χ4n) is 7.65. The van der Waals surface area contributed by atoms with E-state index >= 15 is 0 Å². The highest BCUT2D eigenvalue weighted by Gasteiger charge is 2.56. The van der Waals surface area contributed by atoms with Crippen LogP contribution in [0.1, 0.15) is 50.2 Å². The first-order valence-electron chi connectivity index (χ1n) is 14.2. The minimum absolute atomic E-state index is 0.0564. The van der Waals surface area contributed by atoms with Crippen LogP contribution >= 0.6 is 0 Å². The monoisotopic (exact) mass is 558 g/mol. The number of ether oxygens (including phenoxy) is 3. The van der Waals surface area contributed by atoms with Gasteiger partial charge in [-0.25, -0.2) is 0 Å². The van der Waals surface area contributed by atoms with Crippen LogP contribution in [0, 0.1) is 23.2 Å². The quantitative estimate of drug-likeness (QED) is 0.338. The first-order valence-corrected chi connectivity index (χ1v) is 14.2. The van der Waals surface area contributed by atoms with Crippen LogP contribution in [0.2, 0.25) is 0 Å². The molecule has 7 atom stereocenters. The topological polar surface area (TPSA) is 138 Å². The summed E-state index contributed by atoms with van der Waals surface area (Å²) in [5.41, 5.74) is 1.77. The molecule has 4 aliphatic carbocycles. The number of benzene rings is 1. The van der Waals surface area contributed by atoms with Gasteiger partial charge in [-0.05, 0) is 66.2 Å². The lowest BCUT2D eigenvalue weighted by Gasteiger charge is -2.61. The summed E-state index contributed by atoms with van der Waals surface area (Å²) in [4.78, 5) is 28.7. The van der Waals surface area contributed by atoms with Crippen molar-refractivity contribution in [1.82, 2.24) is 10.2 Å². The van der Waals surface area contributed by atoms with Crippen LogP contribution in [0.3, 0.4) is 0 Å². The average Bonchev–Trinajstić information content (AvgIpc) is 3.34. The Kier molecular flexibility index (Phi) is 8.16. The molecule has 1 heterocycles. The molecule has 4 N–H and O–H groups in total. The van der Waals surface area contributed by atoms with Crippen LogP contribution in [0.4, 0.5) is 0 Å². The number of amides is 2. The highest BCUT2D eigenvalue weighted by molar-refractivity contribution is 5.96. The molecule has 0 unspecified atom stereocenters. The van der Waals surface area contributed by atoms with Crippen molar-refractivity contribution in [3.05, 3.63) is 34.9 Å². The summed E-state index contributed by atoms with van der Waals surface area (Å²) in [6.45, 7) is 4.51. The maximum absolute atomic E-state index is 13.5. The third-order valence-corrected chi connectivity index (χ3v) is 9.88. The van der Waals surface area contributed by atoms with Gasteiger partial charge in [-0.2, -0.15) is 0 Å². The van der Waals surface area contributed by atoms with Crippen molar-refractivity contribution in [3.63, 3.8) is 0 Å². The predicted octanol–water partition coefficient (Wildman–Crippen LogP) is 1.36. The second-order valence-electron chi connectivity index (χ2n) is 12.2. The van der Waals surface area contributed by atoms with Crippen LogP contribution in [-0.2, 0) is 20.9 Å². The Morgan fingerprint density at radius 2 is 1.98 bits per heavy atom. The number of aliphatic hydroxyl groups excluding tert-OH is 3. The maximum Gasteiger partial charge on any atom is 0.249 e. The van der Waals surface area contributed by atoms with Gasteiger partial charge in [0.05, 0.1) is 32.3 Å². The zero-order chi connectivity index (χ0) is 28.8. The molecule has 1 aromatic carbocycles. The maximum atomic E-state index is 13.5. The van der Waals surface area contributed by atoms with Crippen LogP contribution < -0.4 is 14.8 Å². The molecule has 3 saturated carbocycles. The average molecular weight is 559 g/mol. The van der Waals surface area contributed by atoms with E-state index in [-0.39, 0.29) is 43.6 Å². The van der Waals surface area contributed by atoms with Gasteiger partial charge in [0.2, 0.25) is 11.8 Å². The Bertz CT molecular complexity index is 1160. The van der Waals surface area contributed by atoms with E-state index in [9.17, 15) is 24.9 Å². The molecule has 2 bridgehead atoms. The number of nitrogens with one attached hydrogen (secondary N) is 1. The summed E-state index contributed by atoms with van der Waals surface area (Å²) in [5.74, 6) is 0.953. The molecule has 5 aliphatic rings. The van der Waals surface area contributed by atoms with E-state index in [4.69, 9.17) is 14.2 Å². The number of hydrogen-bond donors (Lipinski definition) is 4. The van der Waals surface area contributed by atoms with Crippen LogP contribution in [0.25, 0.3) is 0 Å². The summed E-state index contributed by atoms with van der Waals surface area (Å²) >= 11 is 0. The summed E-state index contributed by atoms with van der Waals surface area (Å²) in [6, 6.07) is 2.60. The SMILES string of the molecule is COCC(=O)N(C[C@@H]1CC[C@H]2C[C@@H]1C2(C)C)[C@@H]1C=C(C(=O)NCCO)[C@@H]2c3cc(CO)cc(OC)c3O[C@@H]2[C@H]1O. The molecule has 40 heavy (non-hydrogen) atoms. The van der Waals surface area contributed by atoms with Crippen molar-refractivity contribution < 1.29 is 39.1 Å². The molecule has 0 saturated heterocycles. The van der Waals surface area contributed by atoms with Gasteiger partial charge < -0.3 is 39.7 Å². The van der Waals surface area contributed by atoms with Gasteiger partial charge in [-0.3, -0.25) is 9.59 Å². The van der Waals surface area contributed by atoms with Gasteiger partial charge in [0.15, 0.2) is 11.5 Å². The Balaban J connectivity index is 1.55. The van der Waals surface area contributed by atoms with E-state index in [2.05, 4.69) is 19.2 Å². The van der Waals surface area contributed by atoms with Gasteiger partial charge in [0.1, 0.15) is 18.8 Å². The van der Waals surface area contributed by atoms with Gasteiger partial charge in [-0.1, -0.05) is 13.8 Å². The van der Waals surface area contributed by atoms with Gasteiger partial charge in [-0.15, -0.1) is 0 Å². The highest BCUT2D eigenvalue weighted by Crippen LogP contribution is 2.61. The third kappa shape index (κ3) is 4.78. The molecular weight excluding hydrogens is 516 g/mol. The number of aliphatic hydroxyl groups is 3. The molecule has 1 aliphatic heterocycles. The molecule has 6 rings (SSSR count). The molecule has 10 nitrogen and oxygen atoms in total. The number of rotatable bonds is 10. The minimum Gasteiger partial charge on any atom is -0.493 e. The molecule has 0 spiro atoms. The summed E-state index contributed by atoms with van der Waals surface area (Å²) < 4.78 is 17.1. The van der Waals surface area contributed by atoms with Crippen molar-refractivity contribution in [2.75, 3.05) is 40.5 Å². The normalized spacial score (nSPS) is 31.2. The molecule has 3 fully saturated rings. The zero-order valence-electron chi connectivity index (χ0n) is 23.8. The fraction of sp³-hybridized carbons (Fsp3) is 0.667. The van der Waals surface area contributed by atoms with E-state index in [1.165, 1.54) is 14.2 Å². The molecule has 220 valence electrons. The Morgan fingerprint density at radius 3 is 2.60 bits per heavy atom. The summed E-state index contributed by atoms with van der Waals surface area (Å²) in [5, 5.41) is 33.7. The van der Waals surface area contributed by atoms with Crippen LogP contribution in [-0.4, -0.2) is 90.8 Å².